The summed E-state index contributed by atoms with van der Waals surface area (Å²) in [4.78, 5) is 15.7. The van der Waals surface area contributed by atoms with E-state index in [2.05, 4.69) is 20.5 Å². The van der Waals surface area contributed by atoms with Gasteiger partial charge in [-0.2, -0.15) is 5.10 Å². The number of benzene rings is 1. The lowest BCUT2D eigenvalue weighted by Crippen LogP contribution is -2.31. The van der Waals surface area contributed by atoms with E-state index >= 15 is 0 Å². The Labute approximate surface area is 115 Å². The predicted octanol–water partition coefficient (Wildman–Crippen LogP) is 1.71. The number of ether oxygens (including phenoxy) is 1. The van der Waals surface area contributed by atoms with E-state index in [0.29, 0.717) is 16.6 Å². The Morgan fingerprint density at radius 3 is 3.00 bits per heavy atom. The van der Waals surface area contributed by atoms with Crippen molar-refractivity contribution in [2.75, 3.05) is 6.61 Å². The number of nitrogens with zero attached hydrogens (tertiary/aromatic N) is 2. The Bertz CT molecular complexity index is 544. The molecule has 1 aromatic heterocycles. The number of carbonyl (C=O) groups is 1. The van der Waals surface area contributed by atoms with Crippen molar-refractivity contribution in [1.29, 1.82) is 0 Å². The van der Waals surface area contributed by atoms with E-state index in [4.69, 9.17) is 16.3 Å². The molecule has 0 fully saturated rings. The maximum Gasteiger partial charge on any atom is 0.258 e. The largest absolute Gasteiger partial charge is 0.482 e. The number of carbonyl (C=O) groups excluding carboxylic acids is 1. The van der Waals surface area contributed by atoms with Crippen molar-refractivity contribution in [3.63, 3.8) is 0 Å². The van der Waals surface area contributed by atoms with Crippen LogP contribution in [0.2, 0.25) is 5.02 Å². The molecule has 0 saturated heterocycles. The van der Waals surface area contributed by atoms with Crippen LogP contribution >= 0.6 is 11.6 Å². The van der Waals surface area contributed by atoms with Crippen LogP contribution in [-0.2, 0) is 4.79 Å². The van der Waals surface area contributed by atoms with Crippen LogP contribution in [0, 0.1) is 0 Å². The molecule has 6 nitrogen and oxygen atoms in total. The summed E-state index contributed by atoms with van der Waals surface area (Å²) >= 11 is 5.91. The number of hydrogen-bond acceptors (Lipinski definition) is 4. The molecule has 0 bridgehead atoms. The first-order chi connectivity index (χ1) is 9.16. The zero-order chi connectivity index (χ0) is 13.7. The molecule has 2 aromatic rings. The number of halogens is 1. The van der Waals surface area contributed by atoms with E-state index in [0.717, 1.165) is 0 Å². The first kappa shape index (κ1) is 13.4. The minimum atomic E-state index is -0.260. The Balaban J connectivity index is 1.84. The molecule has 0 aliphatic rings. The molecule has 1 atom stereocenters. The van der Waals surface area contributed by atoms with Crippen molar-refractivity contribution in [2.45, 2.75) is 13.0 Å². The second-order valence-electron chi connectivity index (χ2n) is 3.88. The molecule has 1 heterocycles. The van der Waals surface area contributed by atoms with Gasteiger partial charge < -0.3 is 10.1 Å². The topological polar surface area (TPSA) is 79.9 Å². The van der Waals surface area contributed by atoms with Crippen LogP contribution in [0.25, 0.3) is 0 Å². The molecule has 0 radical (unpaired) electrons. The lowest BCUT2D eigenvalue weighted by Gasteiger charge is -2.12. The predicted molar refractivity (Wildman–Crippen MR) is 69.9 cm³/mol. The minimum Gasteiger partial charge on any atom is -0.482 e. The van der Waals surface area contributed by atoms with Crippen molar-refractivity contribution in [3.05, 3.63) is 41.4 Å². The molecular weight excluding hydrogens is 268 g/mol. The summed E-state index contributed by atoms with van der Waals surface area (Å²) in [5.41, 5.74) is 0. The third-order valence-corrected chi connectivity index (χ3v) is 2.73. The van der Waals surface area contributed by atoms with Crippen LogP contribution in [0.1, 0.15) is 18.8 Å². The average molecular weight is 281 g/mol. The molecule has 100 valence electrons. The van der Waals surface area contributed by atoms with E-state index in [1.807, 2.05) is 0 Å². The van der Waals surface area contributed by atoms with Gasteiger partial charge in [-0.05, 0) is 19.1 Å². The lowest BCUT2D eigenvalue weighted by molar-refractivity contribution is -0.123. The first-order valence-electron chi connectivity index (χ1n) is 5.69. The van der Waals surface area contributed by atoms with Crippen molar-refractivity contribution in [2.24, 2.45) is 0 Å². The first-order valence-corrected chi connectivity index (χ1v) is 6.06. The number of aromatic amines is 1. The molecule has 1 aromatic carbocycles. The Kier molecular flexibility index (Phi) is 4.35. The fourth-order valence-corrected chi connectivity index (χ4v) is 1.67. The number of nitrogens with one attached hydrogen (secondary N) is 2. The maximum atomic E-state index is 11.7. The molecule has 1 amide bonds. The lowest BCUT2D eigenvalue weighted by atomic mass is 10.3. The summed E-state index contributed by atoms with van der Waals surface area (Å²) in [7, 11) is 0. The van der Waals surface area contributed by atoms with Gasteiger partial charge in [-0.25, -0.2) is 4.98 Å². The van der Waals surface area contributed by atoms with Gasteiger partial charge in [0.1, 0.15) is 17.9 Å². The van der Waals surface area contributed by atoms with Gasteiger partial charge in [0.15, 0.2) is 6.61 Å². The molecule has 0 aliphatic heterocycles. The molecule has 0 saturated carbocycles. The van der Waals surface area contributed by atoms with E-state index in [-0.39, 0.29) is 18.6 Å². The highest BCUT2D eigenvalue weighted by molar-refractivity contribution is 6.32. The SMILES string of the molecule is CC(NC(=O)COc1ccccc1Cl)c1ncn[nH]1. The number of amides is 1. The van der Waals surface area contributed by atoms with Crippen LogP contribution in [0.15, 0.2) is 30.6 Å². The Hall–Kier alpha value is -2.08. The average Bonchev–Trinajstić information content (AvgIpc) is 2.91. The quantitative estimate of drug-likeness (QED) is 0.874. The van der Waals surface area contributed by atoms with Crippen molar-refractivity contribution < 1.29 is 9.53 Å². The normalized spacial score (nSPS) is 11.9. The van der Waals surface area contributed by atoms with Crippen LogP contribution in [0.3, 0.4) is 0 Å². The molecule has 19 heavy (non-hydrogen) atoms. The van der Waals surface area contributed by atoms with Gasteiger partial charge in [0.25, 0.3) is 5.91 Å². The monoisotopic (exact) mass is 280 g/mol. The van der Waals surface area contributed by atoms with Crippen LogP contribution in [-0.4, -0.2) is 27.7 Å². The van der Waals surface area contributed by atoms with Gasteiger partial charge in [-0.1, -0.05) is 23.7 Å². The van der Waals surface area contributed by atoms with Crippen LogP contribution in [0.5, 0.6) is 5.75 Å². The molecule has 1 unspecified atom stereocenters. The second kappa shape index (κ2) is 6.19. The summed E-state index contributed by atoms with van der Waals surface area (Å²) in [5, 5.41) is 9.61. The number of aromatic nitrogens is 3. The van der Waals surface area contributed by atoms with Gasteiger partial charge in [-0.15, -0.1) is 0 Å². The summed E-state index contributed by atoms with van der Waals surface area (Å²) in [6, 6.07) is 6.73. The summed E-state index contributed by atoms with van der Waals surface area (Å²) in [5.74, 6) is 0.807. The Morgan fingerprint density at radius 1 is 1.53 bits per heavy atom. The van der Waals surface area contributed by atoms with Gasteiger partial charge in [0, 0.05) is 0 Å². The number of H-pyrrole nitrogens is 1. The highest BCUT2D eigenvalue weighted by atomic mass is 35.5. The smallest absolute Gasteiger partial charge is 0.258 e. The zero-order valence-corrected chi connectivity index (χ0v) is 11.0. The van der Waals surface area contributed by atoms with E-state index < -0.39 is 0 Å². The van der Waals surface area contributed by atoms with E-state index in [1.54, 1.807) is 31.2 Å². The number of rotatable bonds is 5. The van der Waals surface area contributed by atoms with E-state index in [1.165, 1.54) is 6.33 Å². The van der Waals surface area contributed by atoms with Crippen molar-refractivity contribution in [3.8, 4) is 5.75 Å². The maximum absolute atomic E-state index is 11.7. The third-order valence-electron chi connectivity index (χ3n) is 2.42. The molecule has 0 spiro atoms. The molecule has 2 N–H and O–H groups in total. The van der Waals surface area contributed by atoms with Crippen molar-refractivity contribution in [1.82, 2.24) is 20.5 Å². The third kappa shape index (κ3) is 3.69. The van der Waals surface area contributed by atoms with Crippen molar-refractivity contribution >= 4 is 17.5 Å². The molecule has 0 aliphatic carbocycles. The zero-order valence-electron chi connectivity index (χ0n) is 10.3. The summed E-state index contributed by atoms with van der Waals surface area (Å²) < 4.78 is 5.33. The van der Waals surface area contributed by atoms with Gasteiger partial charge in [0.2, 0.25) is 0 Å². The second-order valence-corrected chi connectivity index (χ2v) is 4.29. The number of hydrogen-bond donors (Lipinski definition) is 2. The highest BCUT2D eigenvalue weighted by Gasteiger charge is 2.12. The fraction of sp³-hybridized carbons (Fsp3) is 0.250. The summed E-state index contributed by atoms with van der Waals surface area (Å²) in [6.07, 6.45) is 1.39. The highest BCUT2D eigenvalue weighted by Crippen LogP contribution is 2.22. The van der Waals surface area contributed by atoms with Gasteiger partial charge in [0.05, 0.1) is 11.1 Å². The minimum absolute atomic E-state index is 0.109. The summed E-state index contributed by atoms with van der Waals surface area (Å²) in [6.45, 7) is 1.69. The van der Waals surface area contributed by atoms with E-state index in [9.17, 15) is 4.79 Å². The standard InChI is InChI=1S/C12H13ClN4O2/c1-8(12-14-7-15-17-12)16-11(18)6-19-10-5-3-2-4-9(10)13/h2-5,7-8H,6H2,1H3,(H,16,18)(H,14,15,17). The van der Waals surface area contributed by atoms with Crippen LogP contribution in [0.4, 0.5) is 0 Å². The Morgan fingerprint density at radius 2 is 2.32 bits per heavy atom. The number of para-hydroxylation sites is 1. The molecule has 2 rings (SSSR count). The van der Waals surface area contributed by atoms with Gasteiger partial charge in [-0.3, -0.25) is 9.89 Å². The van der Waals surface area contributed by atoms with Crippen LogP contribution < -0.4 is 10.1 Å². The van der Waals surface area contributed by atoms with Gasteiger partial charge >= 0.3 is 0 Å². The fourth-order valence-electron chi connectivity index (χ4n) is 1.48. The molecular formula is C12H13ClN4O2. The molecule has 7 heteroatoms.